The number of benzene rings is 3. The lowest BCUT2D eigenvalue weighted by atomic mass is 10.2. The lowest BCUT2D eigenvalue weighted by molar-refractivity contribution is -0.122. The first-order valence-corrected chi connectivity index (χ1v) is 12.5. The van der Waals surface area contributed by atoms with Crippen molar-refractivity contribution < 1.29 is 9.53 Å². The number of aliphatic imine (C=N–C) groups is 1. The van der Waals surface area contributed by atoms with Gasteiger partial charge >= 0.3 is 0 Å². The number of rotatable bonds is 8. The Morgan fingerprint density at radius 2 is 1.70 bits per heavy atom. The van der Waals surface area contributed by atoms with E-state index in [-0.39, 0.29) is 5.91 Å². The van der Waals surface area contributed by atoms with Gasteiger partial charge in [0.25, 0.3) is 5.91 Å². The minimum atomic E-state index is -0.0295. The quantitative estimate of drug-likeness (QED) is 0.303. The molecule has 3 aromatic rings. The van der Waals surface area contributed by atoms with Crippen LogP contribution in [0.3, 0.4) is 0 Å². The van der Waals surface area contributed by atoms with Crippen LogP contribution < -0.4 is 4.74 Å². The average Bonchev–Trinajstić information content (AvgIpc) is 3.12. The topological polar surface area (TPSA) is 41.9 Å². The van der Waals surface area contributed by atoms with Crippen molar-refractivity contribution in [3.05, 3.63) is 105 Å². The van der Waals surface area contributed by atoms with Crippen molar-refractivity contribution in [1.82, 2.24) is 4.90 Å². The van der Waals surface area contributed by atoms with Crippen LogP contribution >= 0.6 is 27.7 Å². The molecule has 6 heteroatoms. The van der Waals surface area contributed by atoms with E-state index in [4.69, 9.17) is 9.73 Å². The number of amides is 1. The molecule has 1 amide bonds. The molecule has 1 heterocycles. The fourth-order valence-corrected chi connectivity index (χ4v) is 4.85. The number of ether oxygens (including phenoxy) is 1. The van der Waals surface area contributed by atoms with Crippen molar-refractivity contribution >= 4 is 44.8 Å². The normalized spacial score (nSPS) is 16.1. The van der Waals surface area contributed by atoms with E-state index in [0.29, 0.717) is 24.6 Å². The van der Waals surface area contributed by atoms with Crippen LogP contribution in [0.2, 0.25) is 0 Å². The lowest BCUT2D eigenvalue weighted by Crippen LogP contribution is -2.28. The zero-order valence-electron chi connectivity index (χ0n) is 18.4. The summed E-state index contributed by atoms with van der Waals surface area (Å²) in [4.78, 5) is 20.6. The van der Waals surface area contributed by atoms with Crippen molar-refractivity contribution in [2.75, 3.05) is 6.61 Å². The van der Waals surface area contributed by atoms with Gasteiger partial charge in [-0.05, 0) is 69.0 Å². The van der Waals surface area contributed by atoms with E-state index < -0.39 is 0 Å². The van der Waals surface area contributed by atoms with E-state index in [1.807, 2.05) is 84.9 Å². The van der Waals surface area contributed by atoms with Crippen LogP contribution in [0.1, 0.15) is 30.0 Å². The van der Waals surface area contributed by atoms with E-state index in [1.165, 1.54) is 11.8 Å². The summed E-state index contributed by atoms with van der Waals surface area (Å²) in [6.07, 6.45) is 2.87. The molecule has 1 aliphatic rings. The monoisotopic (exact) mass is 520 g/mol. The summed E-state index contributed by atoms with van der Waals surface area (Å²) in [5, 5.41) is 0.723. The minimum absolute atomic E-state index is 0.0295. The highest BCUT2D eigenvalue weighted by atomic mass is 79.9. The summed E-state index contributed by atoms with van der Waals surface area (Å²) in [6, 6.07) is 26.0. The number of carbonyl (C=O) groups is 1. The van der Waals surface area contributed by atoms with Crippen LogP contribution in [0.15, 0.2) is 93.2 Å². The molecule has 3 aromatic carbocycles. The van der Waals surface area contributed by atoms with Crippen LogP contribution in [0.5, 0.6) is 5.75 Å². The lowest BCUT2D eigenvalue weighted by Gasteiger charge is -2.15. The van der Waals surface area contributed by atoms with E-state index in [9.17, 15) is 4.79 Å². The molecule has 0 aliphatic carbocycles. The van der Waals surface area contributed by atoms with Crippen LogP contribution in [-0.2, 0) is 17.9 Å². The maximum Gasteiger partial charge on any atom is 0.267 e. The Morgan fingerprint density at radius 3 is 2.36 bits per heavy atom. The van der Waals surface area contributed by atoms with Gasteiger partial charge in [0, 0.05) is 0 Å². The molecular formula is C27H25BrN2O2S. The molecular weight excluding hydrogens is 496 g/mol. The van der Waals surface area contributed by atoms with Gasteiger partial charge in [-0.2, -0.15) is 0 Å². The van der Waals surface area contributed by atoms with Gasteiger partial charge in [-0.1, -0.05) is 73.7 Å². The summed E-state index contributed by atoms with van der Waals surface area (Å²) >= 11 is 5.01. The second-order valence-corrected chi connectivity index (χ2v) is 9.47. The highest BCUT2D eigenvalue weighted by molar-refractivity contribution is 9.10. The fourth-order valence-electron chi connectivity index (χ4n) is 3.36. The Bertz CT molecular complexity index is 1160. The Hall–Kier alpha value is -2.83. The third-order valence-electron chi connectivity index (χ3n) is 5.03. The molecule has 0 atom stereocenters. The summed E-state index contributed by atoms with van der Waals surface area (Å²) in [6.45, 7) is 3.77. The second-order valence-electron chi connectivity index (χ2n) is 7.61. The summed E-state index contributed by atoms with van der Waals surface area (Å²) < 4.78 is 6.61. The Labute approximate surface area is 207 Å². The molecule has 0 radical (unpaired) electrons. The number of hydrogen-bond donors (Lipinski definition) is 0. The van der Waals surface area contributed by atoms with Crippen molar-refractivity contribution in [2.45, 2.75) is 26.4 Å². The minimum Gasteiger partial charge on any atom is -0.492 e. The van der Waals surface area contributed by atoms with Gasteiger partial charge in [-0.3, -0.25) is 14.7 Å². The van der Waals surface area contributed by atoms with Crippen LogP contribution in [0.4, 0.5) is 0 Å². The molecule has 1 fully saturated rings. The number of hydrogen-bond acceptors (Lipinski definition) is 4. The molecule has 0 unspecified atom stereocenters. The average molecular weight is 521 g/mol. The first kappa shape index (κ1) is 23.3. The largest absolute Gasteiger partial charge is 0.492 e. The molecule has 0 spiro atoms. The summed E-state index contributed by atoms with van der Waals surface area (Å²) in [5.74, 6) is 0.776. The number of thioether (sulfide) groups is 1. The predicted molar refractivity (Wildman–Crippen MR) is 140 cm³/mol. The van der Waals surface area contributed by atoms with Gasteiger partial charge < -0.3 is 4.74 Å². The van der Waals surface area contributed by atoms with Crippen molar-refractivity contribution in [3.8, 4) is 5.75 Å². The predicted octanol–water partition coefficient (Wildman–Crippen LogP) is 6.91. The highest BCUT2D eigenvalue weighted by Crippen LogP contribution is 2.35. The van der Waals surface area contributed by atoms with Crippen molar-refractivity contribution in [2.24, 2.45) is 4.99 Å². The number of halogens is 1. The third-order valence-corrected chi connectivity index (χ3v) is 6.69. The third kappa shape index (κ3) is 6.15. The number of carbonyl (C=O) groups excluding carboxylic acids is 1. The molecule has 0 aromatic heterocycles. The molecule has 33 heavy (non-hydrogen) atoms. The summed E-state index contributed by atoms with van der Waals surface area (Å²) in [7, 11) is 0. The van der Waals surface area contributed by atoms with Gasteiger partial charge in [0.05, 0.1) is 29.1 Å². The number of nitrogens with zero attached hydrogens (tertiary/aromatic N) is 2. The van der Waals surface area contributed by atoms with E-state index in [1.54, 1.807) is 4.90 Å². The molecule has 1 aliphatic heterocycles. The first-order chi connectivity index (χ1) is 16.1. The Kier molecular flexibility index (Phi) is 8.02. The molecule has 1 saturated heterocycles. The first-order valence-electron chi connectivity index (χ1n) is 10.9. The zero-order chi connectivity index (χ0) is 23.0. The second kappa shape index (κ2) is 11.3. The summed E-state index contributed by atoms with van der Waals surface area (Å²) in [5.41, 5.74) is 3.12. The van der Waals surface area contributed by atoms with Crippen LogP contribution in [-0.4, -0.2) is 22.6 Å². The zero-order valence-corrected chi connectivity index (χ0v) is 20.8. The molecule has 4 rings (SSSR count). The SMILES string of the molecule is CCCOc1ccc(/C=C2/SC(=NCc3ccccc3)N(Cc3ccccc3)C2=O)cc1Br. The van der Waals surface area contributed by atoms with Gasteiger partial charge in [-0.15, -0.1) is 0 Å². The van der Waals surface area contributed by atoms with Gasteiger partial charge in [0.15, 0.2) is 5.17 Å². The number of amidine groups is 1. The van der Waals surface area contributed by atoms with E-state index in [0.717, 1.165) is 38.5 Å². The molecule has 0 N–H and O–H groups in total. The molecule has 168 valence electrons. The maximum atomic E-state index is 13.3. The van der Waals surface area contributed by atoms with Crippen LogP contribution in [0.25, 0.3) is 6.08 Å². The fraction of sp³-hybridized carbons (Fsp3) is 0.185. The Balaban J connectivity index is 1.60. The maximum absolute atomic E-state index is 13.3. The van der Waals surface area contributed by atoms with Crippen molar-refractivity contribution in [3.63, 3.8) is 0 Å². The van der Waals surface area contributed by atoms with Crippen molar-refractivity contribution in [1.29, 1.82) is 0 Å². The Morgan fingerprint density at radius 1 is 1.00 bits per heavy atom. The van der Waals surface area contributed by atoms with Crippen LogP contribution in [0, 0.1) is 0 Å². The van der Waals surface area contributed by atoms with E-state index in [2.05, 4.69) is 22.9 Å². The molecule has 0 saturated carbocycles. The van der Waals surface area contributed by atoms with Gasteiger partial charge in [-0.25, -0.2) is 0 Å². The standard InChI is InChI=1S/C27H25BrN2O2S/c1-2-15-32-24-14-13-22(16-23(24)28)17-25-26(31)30(19-21-11-7-4-8-12-21)27(33-25)29-18-20-9-5-3-6-10-20/h3-14,16-17H,2,15,18-19H2,1H3/b25-17+,29-27?. The van der Waals surface area contributed by atoms with Gasteiger partial charge in [0.1, 0.15) is 5.75 Å². The molecule has 4 nitrogen and oxygen atoms in total. The highest BCUT2D eigenvalue weighted by Gasteiger charge is 2.33. The van der Waals surface area contributed by atoms with E-state index >= 15 is 0 Å². The molecule has 0 bridgehead atoms. The smallest absolute Gasteiger partial charge is 0.267 e. The van der Waals surface area contributed by atoms with Gasteiger partial charge in [0.2, 0.25) is 0 Å².